The summed E-state index contributed by atoms with van der Waals surface area (Å²) in [5, 5.41) is 21.2. The first-order valence-corrected chi connectivity index (χ1v) is 5.79. The van der Waals surface area contributed by atoms with Gasteiger partial charge in [-0.25, -0.2) is 0 Å². The van der Waals surface area contributed by atoms with Crippen LogP contribution in [0.4, 0.5) is 0 Å². The van der Waals surface area contributed by atoms with Crippen LogP contribution in [0.5, 0.6) is 5.75 Å². The smallest absolute Gasteiger partial charge is 0.125 e. The lowest BCUT2D eigenvalue weighted by molar-refractivity contribution is 0.108. The molecule has 0 fully saturated rings. The van der Waals surface area contributed by atoms with Crippen LogP contribution in [0, 0.1) is 0 Å². The van der Waals surface area contributed by atoms with E-state index >= 15 is 0 Å². The Morgan fingerprint density at radius 2 is 1.94 bits per heavy atom. The molecule has 2 unspecified atom stereocenters. The average Bonchev–Trinajstić information content (AvgIpc) is 2.44. The molecule has 0 heterocycles. The van der Waals surface area contributed by atoms with E-state index in [1.54, 1.807) is 13.2 Å². The number of hydrogen-bond acceptors (Lipinski definition) is 4. The van der Waals surface area contributed by atoms with Crippen LogP contribution < -0.4 is 10.5 Å². The molecule has 96 valence electrons. The molecule has 0 radical (unpaired) electrons. The summed E-state index contributed by atoms with van der Waals surface area (Å²) in [5.41, 5.74) is 6.33. The van der Waals surface area contributed by atoms with Crippen molar-refractivity contribution in [1.29, 1.82) is 0 Å². The third kappa shape index (κ3) is 2.18. The van der Waals surface area contributed by atoms with Crippen LogP contribution in [-0.4, -0.2) is 30.0 Å². The van der Waals surface area contributed by atoms with Crippen molar-refractivity contribution < 1.29 is 14.9 Å². The Morgan fingerprint density at radius 1 is 1.22 bits per heavy atom. The number of methoxy groups -OCH3 is 1. The first-order chi connectivity index (χ1) is 8.69. The van der Waals surface area contributed by atoms with Gasteiger partial charge in [0, 0.05) is 5.56 Å². The minimum absolute atomic E-state index is 0.284. The molecule has 0 aromatic heterocycles. The third-order valence-electron chi connectivity index (χ3n) is 3.06. The molecule has 4 nitrogen and oxygen atoms in total. The molecule has 0 saturated heterocycles. The molecular formula is C14H17NO3. The van der Waals surface area contributed by atoms with Crippen molar-refractivity contribution in [2.45, 2.75) is 12.1 Å². The molecule has 2 aromatic carbocycles. The van der Waals surface area contributed by atoms with Gasteiger partial charge < -0.3 is 20.7 Å². The van der Waals surface area contributed by atoms with E-state index in [1.165, 1.54) is 0 Å². The Hall–Kier alpha value is -1.62. The number of rotatable bonds is 4. The van der Waals surface area contributed by atoms with Gasteiger partial charge >= 0.3 is 0 Å². The fraction of sp³-hybridized carbons (Fsp3) is 0.286. The van der Waals surface area contributed by atoms with Gasteiger partial charge in [0.2, 0.25) is 0 Å². The van der Waals surface area contributed by atoms with E-state index in [0.29, 0.717) is 11.3 Å². The fourth-order valence-electron chi connectivity index (χ4n) is 2.07. The normalized spacial score (nSPS) is 14.4. The zero-order chi connectivity index (χ0) is 13.1. The van der Waals surface area contributed by atoms with Crippen LogP contribution in [-0.2, 0) is 0 Å². The van der Waals surface area contributed by atoms with Gasteiger partial charge in [-0.3, -0.25) is 0 Å². The topological polar surface area (TPSA) is 75.7 Å². The lowest BCUT2D eigenvalue weighted by atomic mass is 9.95. The molecule has 0 spiro atoms. The molecule has 2 atom stereocenters. The predicted molar refractivity (Wildman–Crippen MR) is 70.5 cm³/mol. The van der Waals surface area contributed by atoms with Crippen LogP contribution in [0.1, 0.15) is 11.7 Å². The number of ether oxygens (including phenoxy) is 1. The Kier molecular flexibility index (Phi) is 3.81. The highest BCUT2D eigenvalue weighted by atomic mass is 16.5. The summed E-state index contributed by atoms with van der Waals surface area (Å²) >= 11 is 0. The molecule has 0 amide bonds. The molecular weight excluding hydrogens is 230 g/mol. The zero-order valence-electron chi connectivity index (χ0n) is 10.2. The summed E-state index contributed by atoms with van der Waals surface area (Å²) in [4.78, 5) is 0. The Balaban J connectivity index is 2.64. The molecule has 2 rings (SSSR count). The number of nitrogens with two attached hydrogens (primary N) is 1. The SMILES string of the molecule is COc1ccc2ccccc2c1C(O)C(N)CO. The Labute approximate surface area is 106 Å². The van der Waals surface area contributed by atoms with Crippen molar-refractivity contribution in [3.8, 4) is 5.75 Å². The monoisotopic (exact) mass is 247 g/mol. The van der Waals surface area contributed by atoms with Crippen LogP contribution >= 0.6 is 0 Å². The van der Waals surface area contributed by atoms with Crippen molar-refractivity contribution in [1.82, 2.24) is 0 Å². The lowest BCUT2D eigenvalue weighted by Gasteiger charge is -2.21. The first kappa shape index (κ1) is 12.8. The molecule has 0 saturated carbocycles. The number of aliphatic hydroxyl groups excluding tert-OH is 2. The fourth-order valence-corrected chi connectivity index (χ4v) is 2.07. The largest absolute Gasteiger partial charge is 0.496 e. The maximum absolute atomic E-state index is 10.2. The summed E-state index contributed by atoms with van der Waals surface area (Å²) in [5.74, 6) is 0.574. The van der Waals surface area contributed by atoms with E-state index < -0.39 is 12.1 Å². The van der Waals surface area contributed by atoms with E-state index in [2.05, 4.69) is 0 Å². The Morgan fingerprint density at radius 3 is 2.61 bits per heavy atom. The molecule has 0 aliphatic rings. The number of hydrogen-bond donors (Lipinski definition) is 3. The van der Waals surface area contributed by atoms with E-state index in [1.807, 2.05) is 30.3 Å². The summed E-state index contributed by atoms with van der Waals surface area (Å²) in [6.07, 6.45) is -0.962. The predicted octanol–water partition coefficient (Wildman–Crippen LogP) is 1.20. The minimum Gasteiger partial charge on any atom is -0.496 e. The highest BCUT2D eigenvalue weighted by Crippen LogP contribution is 2.34. The van der Waals surface area contributed by atoms with Crippen LogP contribution in [0.25, 0.3) is 10.8 Å². The van der Waals surface area contributed by atoms with Gasteiger partial charge in [0.25, 0.3) is 0 Å². The number of fused-ring (bicyclic) bond motifs is 1. The van der Waals surface area contributed by atoms with Gasteiger partial charge in [0.05, 0.1) is 19.8 Å². The van der Waals surface area contributed by atoms with Crippen molar-refractivity contribution >= 4 is 10.8 Å². The first-order valence-electron chi connectivity index (χ1n) is 5.79. The van der Waals surface area contributed by atoms with Gasteiger partial charge in [0.1, 0.15) is 11.9 Å². The summed E-state index contributed by atoms with van der Waals surface area (Å²) < 4.78 is 5.27. The molecule has 4 N–H and O–H groups in total. The van der Waals surface area contributed by atoms with Crippen molar-refractivity contribution in [3.05, 3.63) is 42.0 Å². The van der Waals surface area contributed by atoms with Crippen molar-refractivity contribution in [2.24, 2.45) is 5.73 Å². The lowest BCUT2D eigenvalue weighted by Crippen LogP contribution is -2.32. The molecule has 0 bridgehead atoms. The Bertz CT molecular complexity index is 542. The maximum atomic E-state index is 10.2. The highest BCUT2D eigenvalue weighted by molar-refractivity contribution is 5.88. The maximum Gasteiger partial charge on any atom is 0.125 e. The zero-order valence-corrected chi connectivity index (χ0v) is 10.2. The minimum atomic E-state index is -0.962. The molecule has 2 aromatic rings. The highest BCUT2D eigenvalue weighted by Gasteiger charge is 2.22. The van der Waals surface area contributed by atoms with Gasteiger partial charge in [-0.15, -0.1) is 0 Å². The second-order valence-corrected chi connectivity index (χ2v) is 4.19. The summed E-state index contributed by atoms with van der Waals surface area (Å²) in [6.45, 7) is -0.284. The van der Waals surface area contributed by atoms with Gasteiger partial charge in [0.15, 0.2) is 0 Å². The van der Waals surface area contributed by atoms with E-state index in [-0.39, 0.29) is 6.61 Å². The van der Waals surface area contributed by atoms with Crippen LogP contribution in [0.15, 0.2) is 36.4 Å². The third-order valence-corrected chi connectivity index (χ3v) is 3.06. The summed E-state index contributed by atoms with van der Waals surface area (Å²) in [6, 6.07) is 10.7. The second kappa shape index (κ2) is 5.35. The standard InChI is InChI=1S/C14H17NO3/c1-18-12-7-6-9-4-2-3-5-10(9)13(12)14(17)11(15)8-16/h2-7,11,14,16-17H,8,15H2,1H3. The molecule has 18 heavy (non-hydrogen) atoms. The summed E-state index contributed by atoms with van der Waals surface area (Å²) in [7, 11) is 1.55. The van der Waals surface area contributed by atoms with Crippen LogP contribution in [0.3, 0.4) is 0 Å². The van der Waals surface area contributed by atoms with Crippen molar-refractivity contribution in [2.75, 3.05) is 13.7 Å². The molecule has 0 aliphatic heterocycles. The van der Waals surface area contributed by atoms with E-state index in [9.17, 15) is 5.11 Å². The van der Waals surface area contributed by atoms with Crippen LogP contribution in [0.2, 0.25) is 0 Å². The molecule has 0 aliphatic carbocycles. The average molecular weight is 247 g/mol. The number of benzene rings is 2. The number of aliphatic hydroxyl groups is 2. The van der Waals surface area contributed by atoms with Crippen molar-refractivity contribution in [3.63, 3.8) is 0 Å². The quantitative estimate of drug-likeness (QED) is 0.759. The van der Waals surface area contributed by atoms with E-state index in [0.717, 1.165) is 10.8 Å². The van der Waals surface area contributed by atoms with Gasteiger partial charge in [-0.1, -0.05) is 30.3 Å². The van der Waals surface area contributed by atoms with Gasteiger partial charge in [-0.05, 0) is 16.8 Å². The van der Waals surface area contributed by atoms with E-state index in [4.69, 9.17) is 15.6 Å². The van der Waals surface area contributed by atoms with Gasteiger partial charge in [-0.2, -0.15) is 0 Å². The second-order valence-electron chi connectivity index (χ2n) is 4.19. The molecule has 4 heteroatoms.